The summed E-state index contributed by atoms with van der Waals surface area (Å²) in [6.07, 6.45) is -8.52. The number of pyridine rings is 1. The third-order valence-corrected chi connectivity index (χ3v) is 1.84. The molecular formula is C9H5F5N2O. The van der Waals surface area contributed by atoms with Crippen molar-refractivity contribution in [3.63, 3.8) is 0 Å². The highest BCUT2D eigenvalue weighted by atomic mass is 19.4. The first-order chi connectivity index (χ1) is 7.81. The van der Waals surface area contributed by atoms with E-state index in [4.69, 9.17) is 5.26 Å². The molecule has 0 unspecified atom stereocenters. The van der Waals surface area contributed by atoms with E-state index in [0.717, 1.165) is 7.11 Å². The van der Waals surface area contributed by atoms with Gasteiger partial charge in [-0.15, -0.1) is 0 Å². The van der Waals surface area contributed by atoms with Gasteiger partial charge in [0.15, 0.2) is 0 Å². The molecule has 1 aromatic rings. The summed E-state index contributed by atoms with van der Waals surface area (Å²) in [6, 6.07) is 1.86. The van der Waals surface area contributed by atoms with Gasteiger partial charge in [-0.1, -0.05) is 0 Å². The monoisotopic (exact) mass is 252 g/mol. The van der Waals surface area contributed by atoms with Crippen LogP contribution in [0.15, 0.2) is 6.07 Å². The van der Waals surface area contributed by atoms with Crippen LogP contribution in [0, 0.1) is 11.3 Å². The average Bonchev–Trinajstić information content (AvgIpc) is 2.25. The van der Waals surface area contributed by atoms with Gasteiger partial charge in [0.2, 0.25) is 5.88 Å². The molecule has 0 bridgehead atoms. The van der Waals surface area contributed by atoms with Crippen molar-refractivity contribution in [1.29, 1.82) is 5.26 Å². The van der Waals surface area contributed by atoms with Crippen LogP contribution in [0.5, 0.6) is 5.88 Å². The number of nitrogens with zero attached hydrogens (tertiary/aromatic N) is 2. The topological polar surface area (TPSA) is 45.9 Å². The number of alkyl halides is 5. The number of rotatable bonds is 2. The van der Waals surface area contributed by atoms with Crippen molar-refractivity contribution >= 4 is 0 Å². The van der Waals surface area contributed by atoms with Crippen molar-refractivity contribution in [2.75, 3.05) is 7.11 Å². The maximum Gasteiger partial charge on any atom is 0.419 e. The molecule has 0 radical (unpaired) electrons. The standard InChI is InChI=1S/C9H5F5N2O/c1-17-5-2-4(3-15)6(9(12,13)14)7(16-5)8(10)11/h2,8H,1H3. The van der Waals surface area contributed by atoms with Crippen LogP contribution in [0.1, 0.15) is 23.2 Å². The Kier molecular flexibility index (Phi) is 3.50. The summed E-state index contributed by atoms with van der Waals surface area (Å²) in [6.45, 7) is 0. The van der Waals surface area contributed by atoms with E-state index < -0.39 is 35.3 Å². The Morgan fingerprint density at radius 3 is 2.35 bits per heavy atom. The molecule has 0 aliphatic carbocycles. The fourth-order valence-electron chi connectivity index (χ4n) is 1.19. The minimum Gasteiger partial charge on any atom is -0.481 e. The zero-order valence-electron chi connectivity index (χ0n) is 8.35. The van der Waals surface area contributed by atoms with Crippen LogP contribution >= 0.6 is 0 Å². The molecular weight excluding hydrogens is 247 g/mol. The van der Waals surface area contributed by atoms with Crippen LogP contribution in [-0.4, -0.2) is 12.1 Å². The van der Waals surface area contributed by atoms with Gasteiger partial charge in [-0.2, -0.15) is 18.4 Å². The van der Waals surface area contributed by atoms with Gasteiger partial charge < -0.3 is 4.74 Å². The van der Waals surface area contributed by atoms with Gasteiger partial charge in [-0.3, -0.25) is 0 Å². The molecule has 3 nitrogen and oxygen atoms in total. The first kappa shape index (κ1) is 13.2. The lowest BCUT2D eigenvalue weighted by Gasteiger charge is -2.14. The second-order valence-corrected chi connectivity index (χ2v) is 2.88. The number of halogens is 5. The molecule has 0 saturated carbocycles. The summed E-state index contributed by atoms with van der Waals surface area (Å²) in [5, 5.41) is 8.53. The molecule has 0 spiro atoms. The van der Waals surface area contributed by atoms with E-state index in [0.29, 0.717) is 6.07 Å². The Bertz CT molecular complexity index is 464. The molecule has 17 heavy (non-hydrogen) atoms. The van der Waals surface area contributed by atoms with Gasteiger partial charge in [-0.05, 0) is 0 Å². The number of ether oxygens (including phenoxy) is 1. The van der Waals surface area contributed by atoms with E-state index in [2.05, 4.69) is 9.72 Å². The lowest BCUT2D eigenvalue weighted by atomic mass is 10.1. The molecule has 1 heterocycles. The zero-order chi connectivity index (χ0) is 13.2. The summed E-state index contributed by atoms with van der Waals surface area (Å²) < 4.78 is 67.0. The van der Waals surface area contributed by atoms with Crippen LogP contribution in [-0.2, 0) is 6.18 Å². The van der Waals surface area contributed by atoms with Gasteiger partial charge >= 0.3 is 6.18 Å². The summed E-state index contributed by atoms with van der Waals surface area (Å²) in [7, 11) is 1.05. The summed E-state index contributed by atoms with van der Waals surface area (Å²) in [5.41, 5.74) is -4.18. The lowest BCUT2D eigenvalue weighted by molar-refractivity contribution is -0.140. The fourth-order valence-corrected chi connectivity index (χ4v) is 1.19. The largest absolute Gasteiger partial charge is 0.481 e. The third kappa shape index (κ3) is 2.61. The van der Waals surface area contributed by atoms with Gasteiger partial charge in [0, 0.05) is 6.07 Å². The van der Waals surface area contributed by atoms with Crippen molar-refractivity contribution in [3.8, 4) is 11.9 Å². The molecule has 0 saturated heterocycles. The maximum atomic E-state index is 12.5. The predicted molar refractivity (Wildman–Crippen MR) is 45.5 cm³/mol. The highest BCUT2D eigenvalue weighted by Crippen LogP contribution is 2.38. The minimum atomic E-state index is -5.07. The fraction of sp³-hybridized carbons (Fsp3) is 0.333. The van der Waals surface area contributed by atoms with E-state index in [-0.39, 0.29) is 0 Å². The first-order valence-corrected chi connectivity index (χ1v) is 4.15. The number of nitriles is 1. The molecule has 0 aliphatic rings. The van der Waals surface area contributed by atoms with Crippen LogP contribution in [0.25, 0.3) is 0 Å². The Balaban J connectivity index is 3.60. The molecule has 8 heteroatoms. The van der Waals surface area contributed by atoms with E-state index in [1.807, 2.05) is 0 Å². The Hall–Kier alpha value is -1.91. The third-order valence-electron chi connectivity index (χ3n) is 1.84. The van der Waals surface area contributed by atoms with Gasteiger partial charge in [0.25, 0.3) is 6.43 Å². The molecule has 0 aromatic carbocycles. The average molecular weight is 252 g/mol. The van der Waals surface area contributed by atoms with Crippen molar-refractivity contribution in [3.05, 3.63) is 22.9 Å². The second-order valence-electron chi connectivity index (χ2n) is 2.88. The van der Waals surface area contributed by atoms with Crippen molar-refractivity contribution in [1.82, 2.24) is 4.98 Å². The molecule has 92 valence electrons. The van der Waals surface area contributed by atoms with Crippen LogP contribution < -0.4 is 4.74 Å². The van der Waals surface area contributed by atoms with E-state index in [1.54, 1.807) is 0 Å². The molecule has 0 amide bonds. The van der Waals surface area contributed by atoms with Crippen molar-refractivity contribution in [2.24, 2.45) is 0 Å². The Labute approximate surface area is 92.4 Å². The number of methoxy groups -OCH3 is 1. The SMILES string of the molecule is COc1cc(C#N)c(C(F)(F)F)c(C(F)F)n1. The predicted octanol–water partition coefficient (Wildman–Crippen LogP) is 2.92. The maximum absolute atomic E-state index is 12.5. The highest BCUT2D eigenvalue weighted by Gasteiger charge is 2.40. The molecule has 0 atom stereocenters. The van der Waals surface area contributed by atoms with Crippen molar-refractivity contribution < 1.29 is 26.7 Å². The summed E-state index contributed by atoms with van der Waals surface area (Å²) >= 11 is 0. The minimum absolute atomic E-state index is 0.468. The van der Waals surface area contributed by atoms with Crippen LogP contribution in [0.4, 0.5) is 22.0 Å². The Morgan fingerprint density at radius 2 is 2.00 bits per heavy atom. The van der Waals surface area contributed by atoms with Crippen molar-refractivity contribution in [2.45, 2.75) is 12.6 Å². The number of aromatic nitrogens is 1. The summed E-state index contributed by atoms with van der Waals surface area (Å²) in [4.78, 5) is 3.02. The highest BCUT2D eigenvalue weighted by molar-refractivity contribution is 5.45. The molecule has 0 fully saturated rings. The molecule has 0 N–H and O–H groups in total. The zero-order valence-corrected chi connectivity index (χ0v) is 8.35. The quantitative estimate of drug-likeness (QED) is 0.760. The smallest absolute Gasteiger partial charge is 0.419 e. The lowest BCUT2D eigenvalue weighted by Crippen LogP contribution is -2.14. The molecule has 0 aliphatic heterocycles. The number of hydrogen-bond donors (Lipinski definition) is 0. The van der Waals surface area contributed by atoms with Gasteiger partial charge in [-0.25, -0.2) is 13.8 Å². The second kappa shape index (κ2) is 4.53. The van der Waals surface area contributed by atoms with Crippen LogP contribution in [0.3, 0.4) is 0 Å². The van der Waals surface area contributed by atoms with E-state index in [9.17, 15) is 22.0 Å². The van der Waals surface area contributed by atoms with E-state index >= 15 is 0 Å². The molecule has 1 rings (SSSR count). The van der Waals surface area contributed by atoms with Crippen LogP contribution in [0.2, 0.25) is 0 Å². The van der Waals surface area contributed by atoms with Gasteiger partial charge in [0.05, 0.1) is 12.7 Å². The Morgan fingerprint density at radius 1 is 1.41 bits per heavy atom. The first-order valence-electron chi connectivity index (χ1n) is 4.15. The normalized spacial score (nSPS) is 11.4. The number of hydrogen-bond acceptors (Lipinski definition) is 3. The molecule has 1 aromatic heterocycles. The van der Waals surface area contributed by atoms with Gasteiger partial charge in [0.1, 0.15) is 17.3 Å². The van der Waals surface area contributed by atoms with E-state index in [1.165, 1.54) is 6.07 Å². The summed E-state index contributed by atoms with van der Waals surface area (Å²) in [5.74, 6) is -0.468.